The van der Waals surface area contributed by atoms with Crippen LogP contribution in [-0.2, 0) is 9.63 Å². The van der Waals surface area contributed by atoms with Crippen molar-refractivity contribution in [2.45, 2.75) is 20.3 Å². The fourth-order valence-corrected chi connectivity index (χ4v) is 0.936. The number of thiocarbonyl (C=S) groups is 1. The molecule has 0 aliphatic heterocycles. The minimum Gasteiger partial charge on any atom is -0.364 e. The number of hydrogen-bond donors (Lipinski definition) is 2. The van der Waals surface area contributed by atoms with Gasteiger partial charge in [0.2, 0.25) is 5.91 Å². The number of nitrogens with one attached hydrogen (secondary N) is 2. The van der Waals surface area contributed by atoms with E-state index in [0.29, 0.717) is 12.3 Å². The van der Waals surface area contributed by atoms with Gasteiger partial charge in [0.1, 0.15) is 5.84 Å². The molecule has 0 saturated carbocycles. The second kappa shape index (κ2) is 7.13. The molecule has 1 amide bonds. The summed E-state index contributed by atoms with van der Waals surface area (Å²) in [6.45, 7) is 3.26. The number of rotatable bonds is 3. The zero-order chi connectivity index (χ0) is 11.8. The fourth-order valence-electron chi connectivity index (χ4n) is 0.767. The molecule has 0 aromatic carbocycles. The first-order chi connectivity index (χ1) is 7.06. The van der Waals surface area contributed by atoms with Crippen molar-refractivity contribution >= 4 is 29.1 Å². The van der Waals surface area contributed by atoms with Crippen molar-refractivity contribution in [2.75, 3.05) is 14.2 Å². The Hall–Kier alpha value is -1.21. The first-order valence-corrected chi connectivity index (χ1v) is 4.86. The molecule has 0 atom stereocenters. The van der Waals surface area contributed by atoms with Crippen molar-refractivity contribution < 1.29 is 9.63 Å². The number of hydroxylamine groups is 1. The van der Waals surface area contributed by atoms with E-state index in [1.807, 2.05) is 6.92 Å². The number of hydrazone groups is 1. The normalized spacial score (nSPS) is 10.8. The van der Waals surface area contributed by atoms with Gasteiger partial charge >= 0.3 is 0 Å². The summed E-state index contributed by atoms with van der Waals surface area (Å²) in [4.78, 5) is 15.9. The maximum absolute atomic E-state index is 11.2. The largest absolute Gasteiger partial charge is 0.364 e. The van der Waals surface area contributed by atoms with Gasteiger partial charge in [0.15, 0.2) is 5.11 Å². The molecule has 0 aliphatic rings. The summed E-state index contributed by atoms with van der Waals surface area (Å²) < 4.78 is 0. The molecular formula is C8H16N4O2S. The van der Waals surface area contributed by atoms with E-state index in [-0.39, 0.29) is 11.0 Å². The summed E-state index contributed by atoms with van der Waals surface area (Å²) in [5.41, 5.74) is 2.57. The lowest BCUT2D eigenvalue weighted by molar-refractivity contribution is -0.125. The van der Waals surface area contributed by atoms with Crippen LogP contribution >= 0.6 is 12.2 Å². The molecule has 0 aromatic rings. The molecule has 0 saturated heterocycles. The van der Waals surface area contributed by atoms with Crippen LogP contribution in [0.3, 0.4) is 0 Å². The summed E-state index contributed by atoms with van der Waals surface area (Å²) in [6.07, 6.45) is 0.601. The first kappa shape index (κ1) is 13.8. The zero-order valence-corrected chi connectivity index (χ0v) is 10.1. The smallest absolute Gasteiger partial charge is 0.246 e. The lowest BCUT2D eigenvalue weighted by Crippen LogP contribution is -2.39. The van der Waals surface area contributed by atoms with E-state index in [9.17, 15) is 4.79 Å². The molecule has 2 N–H and O–H groups in total. The SMILES string of the molecule is CC/C(=N/N(C(C)=O)C(=S)NC)NOC. The number of hydrogen-bond acceptors (Lipinski definition) is 4. The minimum absolute atomic E-state index is 0.242. The van der Waals surface area contributed by atoms with Crippen molar-refractivity contribution in [3.8, 4) is 0 Å². The summed E-state index contributed by atoms with van der Waals surface area (Å²) >= 11 is 4.92. The van der Waals surface area contributed by atoms with Gasteiger partial charge in [0.05, 0.1) is 7.11 Å². The van der Waals surface area contributed by atoms with Crippen LogP contribution in [0.4, 0.5) is 0 Å². The molecule has 7 heteroatoms. The summed E-state index contributed by atoms with van der Waals surface area (Å²) in [6, 6.07) is 0. The predicted octanol–water partition coefficient (Wildman–Crippen LogP) is 0.214. The van der Waals surface area contributed by atoms with Gasteiger partial charge in [-0.3, -0.25) is 15.1 Å². The number of nitrogens with zero attached hydrogens (tertiary/aromatic N) is 2. The summed E-state index contributed by atoms with van der Waals surface area (Å²) in [7, 11) is 3.10. The van der Waals surface area contributed by atoms with Gasteiger partial charge in [-0.15, -0.1) is 5.10 Å². The second-order valence-electron chi connectivity index (χ2n) is 2.59. The van der Waals surface area contributed by atoms with Crippen molar-refractivity contribution in [2.24, 2.45) is 5.10 Å². The van der Waals surface area contributed by atoms with Crippen molar-refractivity contribution in [1.29, 1.82) is 0 Å². The van der Waals surface area contributed by atoms with E-state index in [1.54, 1.807) is 7.05 Å². The average molecular weight is 232 g/mol. The number of carbonyl (C=O) groups is 1. The van der Waals surface area contributed by atoms with Gasteiger partial charge in [-0.2, -0.15) is 5.01 Å². The molecule has 6 nitrogen and oxygen atoms in total. The van der Waals surface area contributed by atoms with E-state index in [0.717, 1.165) is 5.01 Å². The van der Waals surface area contributed by atoms with Crippen molar-refractivity contribution in [3.05, 3.63) is 0 Å². The molecule has 86 valence electrons. The summed E-state index contributed by atoms with van der Waals surface area (Å²) in [5.74, 6) is 0.253. The topological polar surface area (TPSA) is 66.0 Å². The molecule has 0 bridgehead atoms. The molecule has 0 heterocycles. The van der Waals surface area contributed by atoms with Crippen LogP contribution in [0.2, 0.25) is 0 Å². The number of amides is 1. The molecule has 0 unspecified atom stereocenters. The van der Waals surface area contributed by atoms with E-state index in [2.05, 4.69) is 15.9 Å². The predicted molar refractivity (Wildman–Crippen MR) is 62.0 cm³/mol. The van der Waals surface area contributed by atoms with Crippen LogP contribution < -0.4 is 10.8 Å². The molecule has 0 aliphatic carbocycles. The van der Waals surface area contributed by atoms with Crippen LogP contribution in [-0.4, -0.2) is 36.0 Å². The molecule has 15 heavy (non-hydrogen) atoms. The fraction of sp³-hybridized carbons (Fsp3) is 0.625. The highest BCUT2D eigenvalue weighted by Gasteiger charge is 2.12. The Kier molecular flexibility index (Phi) is 6.56. The zero-order valence-electron chi connectivity index (χ0n) is 9.33. The molecule has 0 fully saturated rings. The van der Waals surface area contributed by atoms with Crippen molar-refractivity contribution in [3.63, 3.8) is 0 Å². The Morgan fingerprint density at radius 1 is 1.60 bits per heavy atom. The number of carbonyl (C=O) groups excluding carboxylic acids is 1. The molecule has 0 radical (unpaired) electrons. The molecule has 0 spiro atoms. The summed E-state index contributed by atoms with van der Waals surface area (Å²) in [5, 5.41) is 8.03. The first-order valence-electron chi connectivity index (χ1n) is 4.45. The van der Waals surface area contributed by atoms with Gasteiger partial charge in [-0.25, -0.2) is 0 Å². The third-order valence-electron chi connectivity index (χ3n) is 1.48. The maximum Gasteiger partial charge on any atom is 0.246 e. The van der Waals surface area contributed by atoms with Crippen LogP contribution in [0, 0.1) is 0 Å². The lowest BCUT2D eigenvalue weighted by atomic mass is 10.5. The van der Waals surface area contributed by atoms with Gasteiger partial charge < -0.3 is 5.32 Å². The van der Waals surface area contributed by atoms with Gasteiger partial charge in [0.25, 0.3) is 0 Å². The van der Waals surface area contributed by atoms with Crippen LogP contribution in [0.1, 0.15) is 20.3 Å². The minimum atomic E-state index is -0.266. The average Bonchev–Trinajstić information content (AvgIpc) is 2.22. The highest BCUT2D eigenvalue weighted by Crippen LogP contribution is 1.95. The van der Waals surface area contributed by atoms with Crippen molar-refractivity contribution in [1.82, 2.24) is 15.8 Å². The highest BCUT2D eigenvalue weighted by molar-refractivity contribution is 7.80. The Balaban J connectivity index is 4.76. The Labute approximate surface area is 94.6 Å². The third kappa shape index (κ3) is 4.71. The van der Waals surface area contributed by atoms with E-state index < -0.39 is 0 Å². The molecule has 0 rings (SSSR count). The standard InChI is InChI=1S/C8H16N4O2S/c1-5-7(11-14-4)10-12(6(2)13)8(15)9-3/h5H2,1-4H3,(H,9,15)(H,10,11). The Bertz CT molecular complexity index is 267. The van der Waals surface area contributed by atoms with Gasteiger partial charge in [-0.05, 0) is 12.2 Å². The Morgan fingerprint density at radius 3 is 2.53 bits per heavy atom. The third-order valence-corrected chi connectivity index (χ3v) is 1.86. The molecule has 0 aromatic heterocycles. The maximum atomic E-state index is 11.2. The van der Waals surface area contributed by atoms with Crippen LogP contribution in [0.5, 0.6) is 0 Å². The molecular weight excluding hydrogens is 216 g/mol. The van der Waals surface area contributed by atoms with E-state index in [1.165, 1.54) is 14.0 Å². The number of amidine groups is 1. The van der Waals surface area contributed by atoms with Gasteiger partial charge in [-0.1, -0.05) is 6.92 Å². The van der Waals surface area contributed by atoms with Crippen LogP contribution in [0.25, 0.3) is 0 Å². The monoisotopic (exact) mass is 232 g/mol. The highest BCUT2D eigenvalue weighted by atomic mass is 32.1. The van der Waals surface area contributed by atoms with Crippen LogP contribution in [0.15, 0.2) is 5.10 Å². The Morgan fingerprint density at radius 2 is 2.20 bits per heavy atom. The lowest BCUT2D eigenvalue weighted by Gasteiger charge is -2.17. The van der Waals surface area contributed by atoms with E-state index in [4.69, 9.17) is 17.1 Å². The van der Waals surface area contributed by atoms with Gasteiger partial charge in [0, 0.05) is 20.4 Å². The quantitative estimate of drug-likeness (QED) is 0.315. The van der Waals surface area contributed by atoms with E-state index >= 15 is 0 Å². The second-order valence-corrected chi connectivity index (χ2v) is 2.98.